The van der Waals surface area contributed by atoms with E-state index >= 15 is 0 Å². The third-order valence-corrected chi connectivity index (χ3v) is 5.25. The molecule has 0 saturated heterocycles. The van der Waals surface area contributed by atoms with Crippen LogP contribution in [0.1, 0.15) is 27.0 Å². The van der Waals surface area contributed by atoms with Crippen LogP contribution < -0.4 is 9.47 Å². The van der Waals surface area contributed by atoms with Crippen LogP contribution in [0.5, 0.6) is 11.5 Å². The Morgan fingerprint density at radius 3 is 2.61 bits per heavy atom. The van der Waals surface area contributed by atoms with Crippen molar-refractivity contribution in [1.82, 2.24) is 0 Å². The van der Waals surface area contributed by atoms with Crippen molar-refractivity contribution in [2.45, 2.75) is 13.5 Å². The SMILES string of the molecule is Cc1ccccc1/C=C1/Oc2cc(OCc3ccc(Cl)c(Cl)c3)ccc2C1=O. The third kappa shape index (κ3) is 3.77. The van der Waals surface area contributed by atoms with Gasteiger partial charge in [0.2, 0.25) is 5.78 Å². The molecule has 5 heteroatoms. The minimum atomic E-state index is -0.130. The van der Waals surface area contributed by atoms with Gasteiger partial charge in [-0.2, -0.15) is 0 Å². The molecule has 0 N–H and O–H groups in total. The summed E-state index contributed by atoms with van der Waals surface area (Å²) in [7, 11) is 0. The van der Waals surface area contributed by atoms with Crippen LogP contribution in [0.4, 0.5) is 0 Å². The maximum Gasteiger partial charge on any atom is 0.231 e. The Morgan fingerprint density at radius 1 is 1.00 bits per heavy atom. The predicted octanol–water partition coefficient (Wildman–Crippen LogP) is 6.50. The zero-order valence-corrected chi connectivity index (χ0v) is 16.6. The second-order valence-corrected chi connectivity index (χ2v) is 7.31. The number of hydrogen-bond donors (Lipinski definition) is 0. The number of halogens is 2. The summed E-state index contributed by atoms with van der Waals surface area (Å²) in [4.78, 5) is 12.6. The Labute approximate surface area is 173 Å². The van der Waals surface area contributed by atoms with Gasteiger partial charge in [-0.3, -0.25) is 4.79 Å². The second-order valence-electron chi connectivity index (χ2n) is 6.49. The van der Waals surface area contributed by atoms with E-state index in [2.05, 4.69) is 0 Å². The first kappa shape index (κ1) is 18.6. The van der Waals surface area contributed by atoms with Gasteiger partial charge in [0, 0.05) is 6.07 Å². The fraction of sp³-hybridized carbons (Fsp3) is 0.0870. The van der Waals surface area contributed by atoms with Gasteiger partial charge in [0.25, 0.3) is 0 Å². The van der Waals surface area contributed by atoms with E-state index in [0.717, 1.165) is 16.7 Å². The molecule has 0 atom stereocenters. The molecule has 4 rings (SSSR count). The van der Waals surface area contributed by atoms with Gasteiger partial charge in [-0.05, 0) is 54.0 Å². The van der Waals surface area contributed by atoms with Crippen LogP contribution in [0.2, 0.25) is 10.0 Å². The van der Waals surface area contributed by atoms with Crippen molar-refractivity contribution in [2.75, 3.05) is 0 Å². The first-order valence-electron chi connectivity index (χ1n) is 8.72. The predicted molar refractivity (Wildman–Crippen MR) is 111 cm³/mol. The average Bonchev–Trinajstić information content (AvgIpc) is 2.99. The topological polar surface area (TPSA) is 35.5 Å². The highest BCUT2D eigenvalue weighted by Crippen LogP contribution is 2.35. The molecule has 1 heterocycles. The number of rotatable bonds is 4. The molecule has 0 unspecified atom stereocenters. The van der Waals surface area contributed by atoms with Crippen LogP contribution in [0.15, 0.2) is 66.4 Å². The lowest BCUT2D eigenvalue weighted by atomic mass is 10.1. The molecule has 3 aromatic rings. The minimum Gasteiger partial charge on any atom is -0.489 e. The Morgan fingerprint density at radius 2 is 1.82 bits per heavy atom. The summed E-state index contributed by atoms with van der Waals surface area (Å²) in [6.45, 7) is 2.32. The Balaban J connectivity index is 1.52. The molecule has 1 aliphatic rings. The third-order valence-electron chi connectivity index (χ3n) is 4.51. The molecular formula is C23H16Cl2O3. The van der Waals surface area contributed by atoms with Crippen LogP contribution in [-0.2, 0) is 6.61 Å². The van der Waals surface area contributed by atoms with E-state index in [1.807, 2.05) is 37.3 Å². The van der Waals surface area contributed by atoms with E-state index in [-0.39, 0.29) is 5.78 Å². The number of aryl methyl sites for hydroxylation is 1. The van der Waals surface area contributed by atoms with Gasteiger partial charge < -0.3 is 9.47 Å². The van der Waals surface area contributed by atoms with Crippen molar-refractivity contribution in [3.63, 3.8) is 0 Å². The van der Waals surface area contributed by atoms with Gasteiger partial charge >= 0.3 is 0 Å². The number of allylic oxidation sites excluding steroid dienone is 1. The lowest BCUT2D eigenvalue weighted by molar-refractivity contribution is 0.101. The van der Waals surface area contributed by atoms with Crippen molar-refractivity contribution in [2.24, 2.45) is 0 Å². The number of hydrogen-bond acceptors (Lipinski definition) is 3. The summed E-state index contributed by atoms with van der Waals surface area (Å²) in [6, 6.07) is 18.4. The molecule has 0 fully saturated rings. The molecule has 0 saturated carbocycles. The lowest BCUT2D eigenvalue weighted by Gasteiger charge is -2.08. The summed E-state index contributed by atoms with van der Waals surface area (Å²) >= 11 is 12.0. The highest BCUT2D eigenvalue weighted by molar-refractivity contribution is 6.42. The second kappa shape index (κ2) is 7.70. The van der Waals surface area contributed by atoms with Gasteiger partial charge in [0.15, 0.2) is 5.76 Å². The number of carbonyl (C=O) groups is 1. The van der Waals surface area contributed by atoms with Gasteiger partial charge in [-0.15, -0.1) is 0 Å². The summed E-state index contributed by atoms with van der Waals surface area (Å²) in [6.07, 6.45) is 1.77. The summed E-state index contributed by atoms with van der Waals surface area (Å²) in [5.74, 6) is 1.28. The van der Waals surface area contributed by atoms with Crippen LogP contribution in [0.25, 0.3) is 6.08 Å². The number of benzene rings is 3. The number of carbonyl (C=O) groups excluding carboxylic acids is 1. The van der Waals surface area contributed by atoms with E-state index in [9.17, 15) is 4.79 Å². The highest BCUT2D eigenvalue weighted by Gasteiger charge is 2.27. The Hall–Kier alpha value is -2.75. The van der Waals surface area contributed by atoms with Crippen LogP contribution >= 0.6 is 23.2 Å². The maximum atomic E-state index is 12.6. The van der Waals surface area contributed by atoms with E-state index in [4.69, 9.17) is 32.7 Å². The van der Waals surface area contributed by atoms with Crippen LogP contribution in [0.3, 0.4) is 0 Å². The first-order chi connectivity index (χ1) is 13.5. The highest BCUT2D eigenvalue weighted by atomic mass is 35.5. The quantitative estimate of drug-likeness (QED) is 0.460. The molecule has 3 aromatic carbocycles. The molecule has 0 aliphatic carbocycles. The molecular weight excluding hydrogens is 395 g/mol. The maximum absolute atomic E-state index is 12.6. The monoisotopic (exact) mass is 410 g/mol. The molecule has 1 aliphatic heterocycles. The number of ether oxygens (including phenoxy) is 2. The largest absolute Gasteiger partial charge is 0.489 e. The fourth-order valence-electron chi connectivity index (χ4n) is 2.94. The molecule has 0 aromatic heterocycles. The normalized spacial score (nSPS) is 14.1. The van der Waals surface area contributed by atoms with Crippen molar-refractivity contribution in [3.05, 3.63) is 98.7 Å². The standard InChI is InChI=1S/C23H16Cl2O3/c1-14-4-2-3-5-16(14)11-22-23(26)18-8-7-17(12-21(18)28-22)27-13-15-6-9-19(24)20(25)10-15/h2-12H,13H2,1H3/b22-11+. The fourth-order valence-corrected chi connectivity index (χ4v) is 3.26. The van der Waals surface area contributed by atoms with Crippen LogP contribution in [0, 0.1) is 6.92 Å². The summed E-state index contributed by atoms with van der Waals surface area (Å²) < 4.78 is 11.6. The molecule has 0 bridgehead atoms. The van der Waals surface area contributed by atoms with Crippen molar-refractivity contribution < 1.29 is 14.3 Å². The Kier molecular flexibility index (Phi) is 5.12. The van der Waals surface area contributed by atoms with Crippen LogP contribution in [-0.4, -0.2) is 5.78 Å². The van der Waals surface area contributed by atoms with Gasteiger partial charge in [0.05, 0.1) is 15.6 Å². The van der Waals surface area contributed by atoms with E-state index in [1.165, 1.54) is 0 Å². The average molecular weight is 411 g/mol. The van der Waals surface area contributed by atoms with Gasteiger partial charge in [0.1, 0.15) is 18.1 Å². The van der Waals surface area contributed by atoms with Crippen molar-refractivity contribution in [3.8, 4) is 11.5 Å². The van der Waals surface area contributed by atoms with E-state index in [1.54, 1.807) is 36.4 Å². The molecule has 0 amide bonds. The summed E-state index contributed by atoms with van der Waals surface area (Å²) in [5, 5.41) is 0.986. The Bertz CT molecular complexity index is 1100. The zero-order chi connectivity index (χ0) is 19.7. The number of Topliss-reactive ketones (excluding diaryl/α,β-unsaturated/α-hetero) is 1. The number of fused-ring (bicyclic) bond motifs is 1. The first-order valence-corrected chi connectivity index (χ1v) is 9.47. The van der Waals surface area contributed by atoms with Gasteiger partial charge in [-0.25, -0.2) is 0 Å². The van der Waals surface area contributed by atoms with Crippen molar-refractivity contribution in [1.29, 1.82) is 0 Å². The molecule has 0 radical (unpaired) electrons. The van der Waals surface area contributed by atoms with E-state index in [0.29, 0.717) is 39.5 Å². The van der Waals surface area contributed by atoms with E-state index < -0.39 is 0 Å². The summed E-state index contributed by atoms with van der Waals surface area (Å²) in [5.41, 5.74) is 3.46. The smallest absolute Gasteiger partial charge is 0.231 e. The lowest BCUT2D eigenvalue weighted by Crippen LogP contribution is -1.98. The molecule has 28 heavy (non-hydrogen) atoms. The van der Waals surface area contributed by atoms with Gasteiger partial charge in [-0.1, -0.05) is 53.5 Å². The molecule has 140 valence electrons. The number of ketones is 1. The molecule has 0 spiro atoms. The van der Waals surface area contributed by atoms with Crippen molar-refractivity contribution >= 4 is 35.1 Å². The molecule has 3 nitrogen and oxygen atoms in total. The minimum absolute atomic E-state index is 0.130. The zero-order valence-electron chi connectivity index (χ0n) is 15.0.